The summed E-state index contributed by atoms with van der Waals surface area (Å²) in [7, 11) is 0. The number of hydrogen-bond donors (Lipinski definition) is 0. The van der Waals surface area contributed by atoms with Crippen LogP contribution in [0.15, 0.2) is 68.3 Å². The molecule has 2 aliphatic heterocycles. The van der Waals surface area contributed by atoms with Gasteiger partial charge in [-0.15, -0.1) is 11.8 Å². The SMILES string of the molecule is CSc1cccc(N2C(=O)[C@H]3N=NN(Cc4nc(-c5cccc(C)c5)no4)[C@@H]3C2=O)c1. The number of anilines is 1. The van der Waals surface area contributed by atoms with Gasteiger partial charge in [0.2, 0.25) is 11.7 Å². The summed E-state index contributed by atoms with van der Waals surface area (Å²) in [6.45, 7) is 2.07. The second-order valence-electron chi connectivity index (χ2n) is 7.29. The van der Waals surface area contributed by atoms with Crippen LogP contribution in [0.4, 0.5) is 5.69 Å². The van der Waals surface area contributed by atoms with E-state index in [9.17, 15) is 9.59 Å². The topological polar surface area (TPSA) is 104 Å². The van der Waals surface area contributed by atoms with Crippen LogP contribution in [-0.4, -0.2) is 45.3 Å². The van der Waals surface area contributed by atoms with Gasteiger partial charge in [0.25, 0.3) is 11.8 Å². The average Bonchev–Trinajstić information content (AvgIpc) is 3.47. The van der Waals surface area contributed by atoms with Crippen molar-refractivity contribution in [3.05, 3.63) is 60.0 Å². The highest BCUT2D eigenvalue weighted by Crippen LogP contribution is 2.34. The maximum atomic E-state index is 13.1. The third-order valence-electron chi connectivity index (χ3n) is 5.21. The summed E-state index contributed by atoms with van der Waals surface area (Å²) in [5, 5.41) is 13.5. The molecular formula is C21H18N6O3S. The van der Waals surface area contributed by atoms with Crippen LogP contribution in [0.5, 0.6) is 0 Å². The Kier molecular flexibility index (Phi) is 4.78. The zero-order valence-electron chi connectivity index (χ0n) is 16.8. The molecule has 1 aromatic heterocycles. The van der Waals surface area contributed by atoms with Crippen molar-refractivity contribution >= 4 is 29.3 Å². The Hall–Kier alpha value is -3.53. The summed E-state index contributed by atoms with van der Waals surface area (Å²) >= 11 is 1.54. The van der Waals surface area contributed by atoms with Crippen LogP contribution < -0.4 is 4.90 Å². The predicted octanol–water partition coefficient (Wildman–Crippen LogP) is 3.26. The molecule has 0 spiro atoms. The molecule has 0 bridgehead atoms. The highest BCUT2D eigenvalue weighted by Gasteiger charge is 2.55. The maximum absolute atomic E-state index is 13.1. The van der Waals surface area contributed by atoms with Gasteiger partial charge in [-0.2, -0.15) is 10.1 Å². The van der Waals surface area contributed by atoms with Gasteiger partial charge in [0, 0.05) is 10.5 Å². The lowest BCUT2D eigenvalue weighted by molar-refractivity contribution is -0.123. The molecule has 5 rings (SSSR count). The Labute approximate surface area is 182 Å². The highest BCUT2D eigenvalue weighted by atomic mass is 32.2. The summed E-state index contributed by atoms with van der Waals surface area (Å²) in [5.74, 6) is -0.00272. The number of thioether (sulfide) groups is 1. The Morgan fingerprint density at radius 2 is 1.94 bits per heavy atom. The van der Waals surface area contributed by atoms with E-state index in [4.69, 9.17) is 4.52 Å². The van der Waals surface area contributed by atoms with E-state index in [1.807, 2.05) is 55.6 Å². The summed E-state index contributed by atoms with van der Waals surface area (Å²) < 4.78 is 5.36. The summed E-state index contributed by atoms with van der Waals surface area (Å²) in [4.78, 5) is 32.6. The van der Waals surface area contributed by atoms with Crippen molar-refractivity contribution in [2.45, 2.75) is 30.4 Å². The van der Waals surface area contributed by atoms with Crippen LogP contribution in [0.2, 0.25) is 0 Å². The molecule has 3 aromatic rings. The molecule has 0 N–H and O–H groups in total. The number of nitrogens with zero attached hydrogens (tertiary/aromatic N) is 6. The lowest BCUT2D eigenvalue weighted by atomic mass is 10.1. The van der Waals surface area contributed by atoms with E-state index < -0.39 is 12.1 Å². The first-order valence-corrected chi connectivity index (χ1v) is 10.9. The van der Waals surface area contributed by atoms with Crippen LogP contribution in [0, 0.1) is 6.92 Å². The van der Waals surface area contributed by atoms with Crippen LogP contribution in [0.25, 0.3) is 11.4 Å². The third kappa shape index (κ3) is 3.38. The van der Waals surface area contributed by atoms with Gasteiger partial charge in [0.05, 0.1) is 5.69 Å². The Morgan fingerprint density at radius 3 is 2.74 bits per heavy atom. The van der Waals surface area contributed by atoms with Gasteiger partial charge in [-0.3, -0.25) is 14.6 Å². The minimum absolute atomic E-state index is 0.0845. The van der Waals surface area contributed by atoms with E-state index in [2.05, 4.69) is 20.5 Å². The summed E-state index contributed by atoms with van der Waals surface area (Å²) in [6.07, 6.45) is 1.94. The van der Waals surface area contributed by atoms with Gasteiger partial charge in [-0.1, -0.05) is 40.2 Å². The number of imide groups is 1. The minimum atomic E-state index is -0.871. The molecule has 9 nitrogen and oxygen atoms in total. The predicted molar refractivity (Wildman–Crippen MR) is 113 cm³/mol. The van der Waals surface area contributed by atoms with Crippen LogP contribution in [0.3, 0.4) is 0 Å². The van der Waals surface area contributed by atoms with Crippen molar-refractivity contribution in [1.82, 2.24) is 15.1 Å². The number of carbonyl (C=O) groups is 2. The number of aryl methyl sites for hydroxylation is 1. The Bertz CT molecular complexity index is 1210. The molecule has 0 saturated carbocycles. The maximum Gasteiger partial charge on any atom is 0.263 e. The molecule has 1 fully saturated rings. The van der Waals surface area contributed by atoms with Crippen LogP contribution in [-0.2, 0) is 16.1 Å². The van der Waals surface area contributed by atoms with E-state index in [0.717, 1.165) is 16.0 Å². The first kappa shape index (κ1) is 19.4. The second-order valence-corrected chi connectivity index (χ2v) is 8.17. The molecular weight excluding hydrogens is 416 g/mol. The first-order chi connectivity index (χ1) is 15.0. The molecule has 31 heavy (non-hydrogen) atoms. The van der Waals surface area contributed by atoms with Crippen molar-refractivity contribution in [3.8, 4) is 11.4 Å². The number of fused-ring (bicyclic) bond motifs is 1. The van der Waals surface area contributed by atoms with Crippen molar-refractivity contribution in [3.63, 3.8) is 0 Å². The normalized spacial score (nSPS) is 20.1. The Morgan fingerprint density at radius 1 is 1.10 bits per heavy atom. The molecule has 2 aromatic carbocycles. The first-order valence-electron chi connectivity index (χ1n) is 9.64. The van der Waals surface area contributed by atoms with Gasteiger partial charge < -0.3 is 4.52 Å². The number of hydrogen-bond acceptors (Lipinski definition) is 9. The van der Waals surface area contributed by atoms with Crippen LogP contribution in [0.1, 0.15) is 11.5 Å². The fourth-order valence-corrected chi connectivity index (χ4v) is 4.17. The zero-order valence-corrected chi connectivity index (χ0v) is 17.6. The van der Waals surface area contributed by atoms with E-state index in [0.29, 0.717) is 17.4 Å². The number of aromatic nitrogens is 2. The molecule has 2 aliphatic rings. The third-order valence-corrected chi connectivity index (χ3v) is 5.94. The van der Waals surface area contributed by atoms with E-state index >= 15 is 0 Å². The molecule has 156 valence electrons. The molecule has 0 unspecified atom stereocenters. The smallest absolute Gasteiger partial charge is 0.263 e. The molecule has 2 amide bonds. The quantitative estimate of drug-likeness (QED) is 0.448. The lowest BCUT2D eigenvalue weighted by Crippen LogP contribution is -2.39. The fourth-order valence-electron chi connectivity index (χ4n) is 3.72. The van der Waals surface area contributed by atoms with Crippen molar-refractivity contribution in [2.75, 3.05) is 11.2 Å². The fraction of sp³-hybridized carbons (Fsp3) is 0.238. The zero-order chi connectivity index (χ0) is 21.5. The van der Waals surface area contributed by atoms with E-state index in [1.54, 1.807) is 6.07 Å². The summed E-state index contributed by atoms with van der Waals surface area (Å²) in [5.41, 5.74) is 2.45. The molecule has 3 heterocycles. The minimum Gasteiger partial charge on any atom is -0.337 e. The largest absolute Gasteiger partial charge is 0.337 e. The van der Waals surface area contributed by atoms with E-state index in [-0.39, 0.29) is 18.4 Å². The van der Waals surface area contributed by atoms with Crippen molar-refractivity contribution in [1.29, 1.82) is 0 Å². The molecule has 0 radical (unpaired) electrons. The molecule has 1 saturated heterocycles. The highest BCUT2D eigenvalue weighted by molar-refractivity contribution is 7.98. The summed E-state index contributed by atoms with van der Waals surface area (Å²) in [6, 6.07) is 13.4. The number of amides is 2. The van der Waals surface area contributed by atoms with Gasteiger partial charge in [0.15, 0.2) is 12.1 Å². The van der Waals surface area contributed by atoms with Gasteiger partial charge in [-0.05, 0) is 37.4 Å². The second kappa shape index (κ2) is 7.62. The number of benzene rings is 2. The van der Waals surface area contributed by atoms with Crippen molar-refractivity contribution in [2.24, 2.45) is 10.3 Å². The van der Waals surface area contributed by atoms with Crippen LogP contribution >= 0.6 is 11.8 Å². The monoisotopic (exact) mass is 434 g/mol. The number of rotatable bonds is 5. The molecule has 2 atom stereocenters. The van der Waals surface area contributed by atoms with E-state index in [1.165, 1.54) is 21.7 Å². The van der Waals surface area contributed by atoms with Gasteiger partial charge in [-0.25, -0.2) is 4.90 Å². The average molecular weight is 434 g/mol. The van der Waals surface area contributed by atoms with Gasteiger partial charge in [0.1, 0.15) is 6.54 Å². The van der Waals surface area contributed by atoms with Gasteiger partial charge >= 0.3 is 0 Å². The lowest BCUT2D eigenvalue weighted by Gasteiger charge is -2.19. The Balaban J connectivity index is 1.37. The van der Waals surface area contributed by atoms with Crippen molar-refractivity contribution < 1.29 is 14.1 Å². The molecule has 0 aliphatic carbocycles. The standard InChI is InChI=1S/C21H18N6O3S/c1-12-5-3-6-13(9-12)19-22-16(30-24-19)11-26-18-17(23-25-26)20(28)27(21(18)29)14-7-4-8-15(10-14)31-2/h3-10,17-18H,11H2,1-2H3/t17-,18-/m0/s1. The molecule has 10 heteroatoms. The number of carbonyl (C=O) groups excluding carboxylic acids is 2.